The van der Waals surface area contributed by atoms with E-state index in [1.165, 1.54) is 0 Å². The molecule has 1 fully saturated rings. The zero-order chi connectivity index (χ0) is 22.4. The van der Waals surface area contributed by atoms with Crippen molar-refractivity contribution in [3.8, 4) is 0 Å². The van der Waals surface area contributed by atoms with Gasteiger partial charge in [0.25, 0.3) is 0 Å². The lowest BCUT2D eigenvalue weighted by molar-refractivity contribution is -0.133. The Bertz CT molecular complexity index is 1350. The number of piperidine rings is 1. The molecule has 33 heavy (non-hydrogen) atoms. The highest BCUT2D eigenvalue weighted by atomic mass is 16.2. The number of carbonyl (C=O) groups is 2. The Kier molecular flexibility index (Phi) is 4.78. The summed E-state index contributed by atoms with van der Waals surface area (Å²) in [6, 6.07) is 15.4. The van der Waals surface area contributed by atoms with E-state index < -0.39 is 0 Å². The van der Waals surface area contributed by atoms with Crippen LogP contribution >= 0.6 is 0 Å². The molecule has 1 amide bonds. The average molecular weight is 441 g/mol. The molecule has 0 saturated carbocycles. The predicted molar refractivity (Wildman–Crippen MR) is 122 cm³/mol. The molecule has 2 aliphatic rings. The molecule has 6 rings (SSSR count). The van der Waals surface area contributed by atoms with Gasteiger partial charge in [-0.25, -0.2) is 9.67 Å². The van der Waals surface area contributed by atoms with E-state index in [1.807, 2.05) is 70.5 Å². The molecule has 2 aromatic carbocycles. The van der Waals surface area contributed by atoms with Crippen molar-refractivity contribution in [2.75, 3.05) is 13.1 Å². The van der Waals surface area contributed by atoms with E-state index in [1.54, 1.807) is 0 Å². The molecule has 2 aromatic heterocycles. The van der Waals surface area contributed by atoms with E-state index in [9.17, 15) is 9.59 Å². The van der Waals surface area contributed by atoms with Crippen molar-refractivity contribution in [2.24, 2.45) is 0 Å². The summed E-state index contributed by atoms with van der Waals surface area (Å²) in [5, 5.41) is 8.54. The number of likely N-dealkylation sites (tertiary alicyclic amines) is 1. The summed E-state index contributed by atoms with van der Waals surface area (Å²) < 4.78 is 4.00. The third-order valence-electron chi connectivity index (χ3n) is 6.95. The van der Waals surface area contributed by atoms with Crippen LogP contribution in [0.4, 0.5) is 0 Å². The normalized spacial score (nSPS) is 18.7. The summed E-state index contributed by atoms with van der Waals surface area (Å²) in [5.41, 5.74) is 3.44. The standard InChI is InChI=1S/C25H24N6O2/c32-23-15-20(18-5-1-2-6-19(18)23)25(33)29-12-9-17(10-13-29)24-26-11-14-30(24)16-31-22-8-4-3-7-21(22)27-28-31/h1-8,11,14,17,20H,9-10,12-13,15-16H2. The van der Waals surface area contributed by atoms with Crippen LogP contribution in [0, 0.1) is 0 Å². The van der Waals surface area contributed by atoms with Crippen molar-refractivity contribution in [1.29, 1.82) is 0 Å². The van der Waals surface area contributed by atoms with Crippen LogP contribution in [0.2, 0.25) is 0 Å². The van der Waals surface area contributed by atoms with Gasteiger partial charge in [-0.1, -0.05) is 41.6 Å². The van der Waals surface area contributed by atoms with Crippen LogP contribution in [0.25, 0.3) is 11.0 Å². The highest BCUT2D eigenvalue weighted by molar-refractivity contribution is 6.06. The lowest BCUT2D eigenvalue weighted by Crippen LogP contribution is -2.40. The zero-order valence-electron chi connectivity index (χ0n) is 18.2. The smallest absolute Gasteiger partial charge is 0.230 e. The molecule has 0 radical (unpaired) electrons. The molecule has 1 atom stereocenters. The third-order valence-corrected chi connectivity index (χ3v) is 6.95. The quantitative estimate of drug-likeness (QED) is 0.486. The fraction of sp³-hybridized carbons (Fsp3) is 0.320. The van der Waals surface area contributed by atoms with Gasteiger partial charge in [-0.15, -0.1) is 5.10 Å². The molecule has 3 heterocycles. The first-order valence-electron chi connectivity index (χ1n) is 11.4. The summed E-state index contributed by atoms with van der Waals surface area (Å²) in [4.78, 5) is 32.1. The van der Waals surface area contributed by atoms with Crippen LogP contribution in [0.5, 0.6) is 0 Å². The van der Waals surface area contributed by atoms with Crippen LogP contribution in [-0.4, -0.2) is 54.2 Å². The van der Waals surface area contributed by atoms with Gasteiger partial charge >= 0.3 is 0 Å². The number of hydrogen-bond donors (Lipinski definition) is 0. The molecule has 1 saturated heterocycles. The Morgan fingerprint density at radius 2 is 1.82 bits per heavy atom. The van der Waals surface area contributed by atoms with Crippen molar-refractivity contribution in [3.05, 3.63) is 77.9 Å². The minimum absolute atomic E-state index is 0.0708. The van der Waals surface area contributed by atoms with Crippen LogP contribution in [-0.2, 0) is 11.5 Å². The van der Waals surface area contributed by atoms with Gasteiger partial charge in [-0.3, -0.25) is 9.59 Å². The average Bonchev–Trinajstić information content (AvgIpc) is 3.57. The number of benzene rings is 2. The first kappa shape index (κ1) is 19.8. The van der Waals surface area contributed by atoms with E-state index in [4.69, 9.17) is 0 Å². The number of Topliss-reactive ketones (excluding diaryl/α,β-unsaturated/α-hetero) is 1. The second-order valence-corrected chi connectivity index (χ2v) is 8.84. The van der Waals surface area contributed by atoms with Gasteiger partial charge in [0.1, 0.15) is 18.0 Å². The zero-order valence-corrected chi connectivity index (χ0v) is 18.2. The first-order chi connectivity index (χ1) is 16.2. The highest BCUT2D eigenvalue weighted by Crippen LogP contribution is 2.36. The monoisotopic (exact) mass is 440 g/mol. The van der Waals surface area contributed by atoms with Crippen LogP contribution in [0.3, 0.4) is 0 Å². The van der Waals surface area contributed by atoms with Crippen molar-refractivity contribution in [1.82, 2.24) is 29.4 Å². The maximum Gasteiger partial charge on any atom is 0.230 e. The fourth-order valence-corrected chi connectivity index (χ4v) is 5.23. The molecule has 8 nitrogen and oxygen atoms in total. The molecule has 1 aliphatic heterocycles. The largest absolute Gasteiger partial charge is 0.342 e. The van der Waals surface area contributed by atoms with E-state index in [0.29, 0.717) is 25.3 Å². The number of nitrogens with zero attached hydrogens (tertiary/aromatic N) is 6. The Hall–Kier alpha value is -3.81. The fourth-order valence-electron chi connectivity index (χ4n) is 5.23. The van der Waals surface area contributed by atoms with Gasteiger partial charge in [0, 0.05) is 43.4 Å². The molecule has 1 unspecified atom stereocenters. The number of para-hydroxylation sites is 1. The molecular weight excluding hydrogens is 416 g/mol. The summed E-state index contributed by atoms with van der Waals surface area (Å²) in [5.74, 6) is 1.10. The molecule has 4 aromatic rings. The number of hydrogen-bond acceptors (Lipinski definition) is 5. The number of amides is 1. The van der Waals surface area contributed by atoms with Crippen molar-refractivity contribution < 1.29 is 9.59 Å². The topological polar surface area (TPSA) is 85.9 Å². The molecule has 8 heteroatoms. The predicted octanol–water partition coefficient (Wildman–Crippen LogP) is 3.21. The molecule has 1 aliphatic carbocycles. The number of aromatic nitrogens is 5. The van der Waals surface area contributed by atoms with Crippen LogP contribution < -0.4 is 0 Å². The van der Waals surface area contributed by atoms with Crippen molar-refractivity contribution in [3.63, 3.8) is 0 Å². The van der Waals surface area contributed by atoms with Crippen LogP contribution in [0.1, 0.15) is 52.8 Å². The highest BCUT2D eigenvalue weighted by Gasteiger charge is 2.37. The SMILES string of the molecule is O=C1CC(C(=O)N2CCC(c3nccn3Cn3nnc4ccccc43)CC2)c2ccccc21. The number of ketones is 1. The van der Waals surface area contributed by atoms with Gasteiger partial charge in [-0.05, 0) is 30.5 Å². The summed E-state index contributed by atoms with van der Waals surface area (Å²) in [6.45, 7) is 1.90. The maximum atomic E-state index is 13.2. The van der Waals surface area contributed by atoms with E-state index >= 15 is 0 Å². The summed E-state index contributed by atoms with van der Waals surface area (Å²) in [6.07, 6.45) is 5.79. The lowest BCUT2D eigenvalue weighted by atomic mass is 9.93. The lowest BCUT2D eigenvalue weighted by Gasteiger charge is -2.33. The molecule has 0 bridgehead atoms. The van der Waals surface area contributed by atoms with E-state index in [-0.39, 0.29) is 29.9 Å². The van der Waals surface area contributed by atoms with Gasteiger partial charge in [-0.2, -0.15) is 0 Å². The number of rotatable bonds is 4. The third kappa shape index (κ3) is 3.42. The Morgan fingerprint density at radius 3 is 2.70 bits per heavy atom. The minimum atomic E-state index is -0.340. The van der Waals surface area contributed by atoms with Gasteiger partial charge in [0.2, 0.25) is 5.91 Å². The molecular formula is C25H24N6O2. The van der Waals surface area contributed by atoms with Gasteiger partial charge in [0.15, 0.2) is 5.78 Å². The second-order valence-electron chi connectivity index (χ2n) is 8.84. The molecule has 0 N–H and O–H groups in total. The Balaban J connectivity index is 1.15. The summed E-state index contributed by atoms with van der Waals surface area (Å²) >= 11 is 0. The Labute approximate surface area is 190 Å². The molecule has 0 spiro atoms. The number of fused-ring (bicyclic) bond motifs is 2. The molecule has 166 valence electrons. The second kappa shape index (κ2) is 7.95. The van der Waals surface area contributed by atoms with E-state index in [0.717, 1.165) is 35.3 Å². The van der Waals surface area contributed by atoms with Gasteiger partial charge in [0.05, 0.1) is 11.4 Å². The number of imidazole rings is 1. The Morgan fingerprint density at radius 1 is 1.03 bits per heavy atom. The maximum absolute atomic E-state index is 13.2. The summed E-state index contributed by atoms with van der Waals surface area (Å²) in [7, 11) is 0. The number of carbonyl (C=O) groups excluding carboxylic acids is 2. The first-order valence-corrected chi connectivity index (χ1v) is 11.4. The minimum Gasteiger partial charge on any atom is -0.342 e. The van der Waals surface area contributed by atoms with E-state index in [2.05, 4.69) is 19.9 Å². The van der Waals surface area contributed by atoms with Crippen molar-refractivity contribution >= 4 is 22.7 Å². The van der Waals surface area contributed by atoms with Crippen LogP contribution in [0.15, 0.2) is 60.9 Å². The van der Waals surface area contributed by atoms with Gasteiger partial charge < -0.3 is 9.47 Å². The van der Waals surface area contributed by atoms with Crippen molar-refractivity contribution in [2.45, 2.75) is 37.8 Å².